The molecule has 0 saturated heterocycles. The number of halogens is 1. The molecule has 9 heteroatoms. The van der Waals surface area contributed by atoms with E-state index in [1.54, 1.807) is 30.3 Å². The first-order valence-electron chi connectivity index (χ1n) is 8.94. The Morgan fingerprint density at radius 1 is 1.14 bits per heavy atom. The number of nitrogens with zero attached hydrogens (tertiary/aromatic N) is 2. The molecule has 1 aromatic heterocycles. The third kappa shape index (κ3) is 5.88. The zero-order chi connectivity index (χ0) is 20.9. The van der Waals surface area contributed by atoms with Gasteiger partial charge in [0.25, 0.3) is 0 Å². The van der Waals surface area contributed by atoms with E-state index in [2.05, 4.69) is 15.5 Å². The molecule has 0 saturated carbocycles. The van der Waals surface area contributed by atoms with E-state index in [1.807, 2.05) is 25.1 Å². The average molecular weight is 434 g/mol. The Bertz CT molecular complexity index is 1090. The molecule has 7 nitrogen and oxygen atoms in total. The second-order valence-electron chi connectivity index (χ2n) is 6.54. The molecule has 3 rings (SSSR count). The summed E-state index contributed by atoms with van der Waals surface area (Å²) in [5, 5.41) is 7.07. The van der Waals surface area contributed by atoms with Crippen LogP contribution in [-0.4, -0.2) is 24.5 Å². The Morgan fingerprint density at radius 2 is 1.86 bits per heavy atom. The number of hydrogen-bond donors (Lipinski definition) is 1. The third-order valence-electron chi connectivity index (χ3n) is 4.21. The van der Waals surface area contributed by atoms with Crippen LogP contribution in [0.5, 0.6) is 0 Å². The number of carbonyl (C=O) groups is 1. The Kier molecular flexibility index (Phi) is 6.66. The van der Waals surface area contributed by atoms with Crippen molar-refractivity contribution < 1.29 is 17.7 Å². The van der Waals surface area contributed by atoms with Crippen LogP contribution in [0, 0.1) is 6.92 Å². The maximum atomic E-state index is 12.4. The normalized spacial score (nSPS) is 11.4. The topological polar surface area (TPSA) is 102 Å². The van der Waals surface area contributed by atoms with Crippen molar-refractivity contribution in [2.24, 2.45) is 0 Å². The molecule has 0 aliphatic heterocycles. The highest BCUT2D eigenvalue weighted by Crippen LogP contribution is 2.16. The zero-order valence-corrected chi connectivity index (χ0v) is 17.3. The molecule has 0 fully saturated rings. The van der Waals surface area contributed by atoms with Crippen LogP contribution in [0.3, 0.4) is 0 Å². The van der Waals surface area contributed by atoms with Gasteiger partial charge in [-0.05, 0) is 30.7 Å². The van der Waals surface area contributed by atoms with Gasteiger partial charge in [0.2, 0.25) is 11.8 Å². The smallest absolute Gasteiger partial charge is 0.227 e. The van der Waals surface area contributed by atoms with Gasteiger partial charge in [0, 0.05) is 24.4 Å². The molecule has 0 atom stereocenters. The summed E-state index contributed by atoms with van der Waals surface area (Å²) < 4.78 is 29.9. The predicted octanol–water partition coefficient (Wildman–Crippen LogP) is 3.25. The second-order valence-corrected chi connectivity index (χ2v) is 8.94. The van der Waals surface area contributed by atoms with E-state index >= 15 is 0 Å². The summed E-state index contributed by atoms with van der Waals surface area (Å²) >= 11 is 6.05. The van der Waals surface area contributed by atoms with E-state index in [0.717, 1.165) is 11.1 Å². The van der Waals surface area contributed by atoms with E-state index < -0.39 is 9.84 Å². The molecule has 0 radical (unpaired) electrons. The Labute approximate surface area is 174 Å². The van der Waals surface area contributed by atoms with E-state index in [-0.39, 0.29) is 41.1 Å². The highest BCUT2D eigenvalue weighted by Gasteiger charge is 2.19. The molecule has 1 N–H and O–H groups in total. The molecular weight excluding hydrogens is 414 g/mol. The standard InChI is InChI=1S/C20H20ClN3O4S/c1-14-6-8-16(9-7-14)29(26,27)13-18-23-20(28-24-18)11-10-19(25)22-12-15-4-2-3-5-17(15)21/h2-9H,10-13H2,1H3,(H,22,25). The lowest BCUT2D eigenvalue weighted by Crippen LogP contribution is -2.23. The van der Waals surface area contributed by atoms with Crippen molar-refractivity contribution in [2.75, 3.05) is 0 Å². The van der Waals surface area contributed by atoms with E-state index in [9.17, 15) is 13.2 Å². The van der Waals surface area contributed by atoms with Crippen LogP contribution < -0.4 is 5.32 Å². The average Bonchev–Trinajstić information content (AvgIpc) is 3.12. The van der Waals surface area contributed by atoms with Crippen LogP contribution in [0.2, 0.25) is 5.02 Å². The first-order valence-corrected chi connectivity index (χ1v) is 11.0. The molecule has 1 heterocycles. The van der Waals surface area contributed by atoms with E-state index in [0.29, 0.717) is 11.6 Å². The number of nitrogens with one attached hydrogen (secondary N) is 1. The van der Waals surface area contributed by atoms with Gasteiger partial charge in [0.15, 0.2) is 15.7 Å². The van der Waals surface area contributed by atoms with Gasteiger partial charge in [-0.3, -0.25) is 4.79 Å². The van der Waals surface area contributed by atoms with Gasteiger partial charge in [-0.1, -0.05) is 52.7 Å². The molecule has 2 aromatic carbocycles. The van der Waals surface area contributed by atoms with Gasteiger partial charge in [0.05, 0.1) is 4.90 Å². The molecule has 0 aliphatic carbocycles. The molecule has 0 bridgehead atoms. The van der Waals surface area contributed by atoms with Crippen LogP contribution in [0.1, 0.15) is 29.3 Å². The zero-order valence-electron chi connectivity index (χ0n) is 15.8. The number of amides is 1. The number of hydrogen-bond acceptors (Lipinski definition) is 6. The summed E-state index contributed by atoms with van der Waals surface area (Å²) in [5.74, 6) is -0.279. The van der Waals surface area contributed by atoms with Crippen LogP contribution in [-0.2, 0) is 33.4 Å². The van der Waals surface area contributed by atoms with Crippen molar-refractivity contribution in [3.05, 3.63) is 76.4 Å². The van der Waals surface area contributed by atoms with Crippen LogP contribution in [0.25, 0.3) is 0 Å². The summed E-state index contributed by atoms with van der Waals surface area (Å²) in [6.07, 6.45) is 0.350. The number of rotatable bonds is 8. The van der Waals surface area contributed by atoms with E-state index in [1.165, 1.54) is 0 Å². The fourth-order valence-corrected chi connectivity index (χ4v) is 3.97. The Balaban J connectivity index is 1.51. The van der Waals surface area contributed by atoms with Gasteiger partial charge in [0.1, 0.15) is 5.75 Å². The highest BCUT2D eigenvalue weighted by molar-refractivity contribution is 7.90. The Hall–Kier alpha value is -2.71. The monoisotopic (exact) mass is 433 g/mol. The predicted molar refractivity (Wildman–Crippen MR) is 108 cm³/mol. The fraction of sp³-hybridized carbons (Fsp3) is 0.250. The largest absolute Gasteiger partial charge is 0.352 e. The van der Waals surface area contributed by atoms with Crippen molar-refractivity contribution in [1.29, 1.82) is 0 Å². The SMILES string of the molecule is Cc1ccc(S(=O)(=O)Cc2noc(CCC(=O)NCc3ccccc3Cl)n2)cc1. The van der Waals surface area contributed by atoms with Gasteiger partial charge in [-0.2, -0.15) is 4.98 Å². The van der Waals surface area contributed by atoms with Gasteiger partial charge >= 0.3 is 0 Å². The maximum absolute atomic E-state index is 12.4. The quantitative estimate of drug-likeness (QED) is 0.585. The fourth-order valence-electron chi connectivity index (χ4n) is 2.59. The lowest BCUT2D eigenvalue weighted by atomic mass is 10.2. The Morgan fingerprint density at radius 3 is 2.59 bits per heavy atom. The lowest BCUT2D eigenvalue weighted by molar-refractivity contribution is -0.121. The van der Waals surface area contributed by atoms with Gasteiger partial charge < -0.3 is 9.84 Å². The van der Waals surface area contributed by atoms with Crippen LogP contribution in [0.15, 0.2) is 57.9 Å². The summed E-state index contributed by atoms with van der Waals surface area (Å²) in [6.45, 7) is 2.20. The second kappa shape index (κ2) is 9.19. The van der Waals surface area contributed by atoms with E-state index in [4.69, 9.17) is 16.1 Å². The summed E-state index contributed by atoms with van der Waals surface area (Å²) in [7, 11) is -3.57. The van der Waals surface area contributed by atoms with Crippen LogP contribution >= 0.6 is 11.6 Å². The number of sulfone groups is 1. The minimum atomic E-state index is -3.57. The molecule has 0 unspecified atom stereocenters. The number of aromatic nitrogens is 2. The van der Waals surface area contributed by atoms with Crippen molar-refractivity contribution in [3.63, 3.8) is 0 Å². The summed E-state index contributed by atoms with van der Waals surface area (Å²) in [5.41, 5.74) is 1.79. The summed E-state index contributed by atoms with van der Waals surface area (Å²) in [6, 6.07) is 13.8. The highest BCUT2D eigenvalue weighted by atomic mass is 35.5. The van der Waals surface area contributed by atoms with Crippen molar-refractivity contribution in [3.8, 4) is 0 Å². The minimum Gasteiger partial charge on any atom is -0.352 e. The first kappa shape index (κ1) is 21.0. The van der Waals surface area contributed by atoms with Crippen molar-refractivity contribution in [2.45, 2.75) is 37.0 Å². The molecule has 0 spiro atoms. The molecule has 29 heavy (non-hydrogen) atoms. The number of aryl methyl sites for hydroxylation is 2. The first-order chi connectivity index (χ1) is 13.8. The number of benzene rings is 2. The molecule has 152 valence electrons. The van der Waals surface area contributed by atoms with Gasteiger partial charge in [-0.25, -0.2) is 8.42 Å². The third-order valence-corrected chi connectivity index (χ3v) is 6.21. The maximum Gasteiger partial charge on any atom is 0.227 e. The molecule has 1 amide bonds. The minimum absolute atomic E-state index is 0.0667. The molecule has 0 aliphatic rings. The lowest BCUT2D eigenvalue weighted by Gasteiger charge is -2.05. The summed E-state index contributed by atoms with van der Waals surface area (Å²) in [4.78, 5) is 16.3. The van der Waals surface area contributed by atoms with Crippen molar-refractivity contribution in [1.82, 2.24) is 15.5 Å². The van der Waals surface area contributed by atoms with Crippen molar-refractivity contribution >= 4 is 27.3 Å². The number of carbonyl (C=O) groups excluding carboxylic acids is 1. The van der Waals surface area contributed by atoms with Crippen LogP contribution in [0.4, 0.5) is 0 Å². The molecule has 3 aromatic rings. The van der Waals surface area contributed by atoms with Gasteiger partial charge in [-0.15, -0.1) is 0 Å². The molecular formula is C20H20ClN3O4S.